The van der Waals surface area contributed by atoms with Gasteiger partial charge in [-0.3, -0.25) is 48.2 Å². The number of aliphatic hydroxyl groups is 2. The van der Waals surface area contributed by atoms with Crippen LogP contribution in [-0.4, -0.2) is 374 Å². The van der Waals surface area contributed by atoms with Gasteiger partial charge in [-0.2, -0.15) is 0 Å². The number of nitrogens with zero attached hydrogens (tertiary/aromatic N) is 2. The molecule has 7 heterocycles. The summed E-state index contributed by atoms with van der Waals surface area (Å²) in [5.74, 6) is -7.97. The maximum absolute atomic E-state index is 14.3. The number of likely N-dealkylation sites (N-methyl/N-ethyl adjacent to an activating group) is 2. The molecule has 146 heavy (non-hydrogen) atoms. The quantitative estimate of drug-likeness (QED) is 0.0383. The van der Waals surface area contributed by atoms with Crippen molar-refractivity contribution in [2.24, 2.45) is 47.3 Å². The molecule has 5 saturated heterocycles. The molecule has 4 unspecified atom stereocenters. The largest absolute Gasteiger partial charge is 0.509 e. The van der Waals surface area contributed by atoms with Gasteiger partial charge in [-0.05, 0) is 185 Å². The van der Waals surface area contributed by atoms with Crippen molar-refractivity contribution in [1.29, 1.82) is 0 Å². The summed E-state index contributed by atoms with van der Waals surface area (Å²) < 4.78 is 154. The fourth-order valence-corrected chi connectivity index (χ4v) is 19.3. The molecule has 2 bridgehead atoms. The highest BCUT2D eigenvalue weighted by Crippen LogP contribution is 2.42. The maximum Gasteiger partial charge on any atom is 0.509 e. The molecule has 7 aliphatic rings. The molecule has 0 radical (unpaired) electrons. The number of methoxy groups -OCH3 is 6. The zero-order chi connectivity index (χ0) is 110. The molecule has 7 rings (SSSR count). The first-order chi connectivity index (χ1) is 68.5. The number of hydrogen-bond acceptors (Lipinski definition) is 40. The fourth-order valence-electron chi connectivity index (χ4n) is 19.3. The van der Waals surface area contributed by atoms with Crippen molar-refractivity contribution in [2.45, 2.75) is 374 Å². The fraction of sp³-hybridized carbons (Fsp3) is 0.792. The number of aliphatic hydroxyl groups excluding tert-OH is 2. The molecule has 0 amide bonds. The average molecular weight is 2080 g/mol. The van der Waals surface area contributed by atoms with Crippen LogP contribution in [-0.2, 0) is 162 Å². The van der Waals surface area contributed by atoms with Gasteiger partial charge >= 0.3 is 48.1 Å². The predicted octanol–water partition coefficient (Wildman–Crippen LogP) is 11.4. The third-order valence-electron chi connectivity index (χ3n) is 26.5. The standard InChI is InChI=1S/C48H77NO16.C44H73NO16.C14H24O6/c1-15-37-35(25-59-47-46(56-14)45(55-13)43(54-12)31(7)60-47)20-26(2)16-17-36(52)28(4)21-34-18-19-57-23-27(3)24-58-38(22-39(53)64-37)29(5)41(34)65-48-44(63-33(9)51)40(49(10)11)42(30(6)61-48)62-32(8)50;1-14-34-31(22-55-43-42(54-13)41(53-12)39(52-11)27(6)56-43)19-23(2)15-16-32(49)24(3)20-30(17-18-46)37(25(4)33(50)21-35(51)60-34)61-44-40(59-29(8)48)36(45(9)10)38(26(5)57-44)58-28(7)47;1-10(8-17-11(15)19-13(2,3)4)9-18-12(16)20-14(5,6)7/h16-17,20,28-31,34-35,37-38,40-48H,3,15,18-19,21-25H2,1-2,4-14H3;15-16,19,24-27,30-31,33-34,36-44,46,50H,14,17-18,20-22H2,1-13H3;1,8-9H2,2-7H3/b17-16+,26-20+;16-15+,23-19+;/t28-,29+,30-,31-,34+,35-,37-,38-,40+,41-,42-,43-,44-,45-,46-,47?,48?;24-,25+,26-,27-,30+,31-,33-,34-,36+,37-,38-,39-,40-,41-,42-,43?,44?;/m11./s1. The van der Waals surface area contributed by atoms with Crippen LogP contribution in [0.25, 0.3) is 0 Å². The monoisotopic (exact) mass is 2080 g/mol. The first-order valence-corrected chi connectivity index (χ1v) is 50.6. The van der Waals surface area contributed by atoms with E-state index in [1.165, 1.54) is 40.9 Å². The number of ketones is 2. The third kappa shape index (κ3) is 40.8. The SMILES string of the molecule is C=C(COC(=O)OC(C)(C)C)COC(=O)OC(C)(C)C.C=C1COCC[C@H]2C[C@@H](C)C(=O)/C=C/C(C)=C/[C@H](COC3O[C@H](C)[C@@H](OC)[C@@H](OC)[C@H]3OC)[C@@H](CC)OC(=O)C[C@@H](OC1)[C@H](C)[C@H]2OC1O[C@H](C)[C@@H](OC(C)=O)[C@H](N(C)C)[C@H]1OC(C)=O.CC[C@H]1OC(=O)C[C@@H](O)[C@H](C)[C@@H](OC2O[C@H](C)[C@@H](OC(C)=O)[C@H](N(C)C)[C@H]2OC(C)=O)[C@@H](CCO)C[C@@H](C)C(=O)/C=C/C(C)=C/[C@@H]1COC1O[C@H](C)[C@@H](OC)[C@@H](OC)[C@H]1OC. The molecular formula is C106H174N2O38. The van der Waals surface area contributed by atoms with Crippen LogP contribution >= 0.6 is 0 Å². The van der Waals surface area contributed by atoms with E-state index in [1.807, 2.05) is 72.4 Å². The molecule has 40 nitrogen and oxygen atoms in total. The van der Waals surface area contributed by atoms with E-state index in [1.54, 1.807) is 156 Å². The highest BCUT2D eigenvalue weighted by atomic mass is 16.8. The second-order valence-electron chi connectivity index (χ2n) is 41.3. The Morgan fingerprint density at radius 2 is 0.856 bits per heavy atom. The Balaban J connectivity index is 0.000000433. The minimum absolute atomic E-state index is 0.0416. The summed E-state index contributed by atoms with van der Waals surface area (Å²) >= 11 is 0. The topological polar surface area (TPSA) is 458 Å². The van der Waals surface area contributed by atoms with Gasteiger partial charge < -0.3 is 133 Å². The summed E-state index contributed by atoms with van der Waals surface area (Å²) in [6, 6.07) is -1.37. The highest BCUT2D eigenvalue weighted by Gasteiger charge is 2.56. The van der Waals surface area contributed by atoms with Crippen molar-refractivity contribution in [3.63, 3.8) is 0 Å². The number of cyclic esters (lactones) is 2. The van der Waals surface area contributed by atoms with Crippen LogP contribution in [0.5, 0.6) is 0 Å². The van der Waals surface area contributed by atoms with E-state index in [4.69, 9.17) is 123 Å². The Hall–Kier alpha value is -7.66. The maximum atomic E-state index is 14.3. The van der Waals surface area contributed by atoms with E-state index in [2.05, 4.69) is 13.2 Å². The van der Waals surface area contributed by atoms with Crippen molar-refractivity contribution in [1.82, 2.24) is 9.80 Å². The van der Waals surface area contributed by atoms with Gasteiger partial charge in [-0.1, -0.05) is 90.2 Å². The molecule has 7 aliphatic heterocycles. The molecule has 34 atom stereocenters. The van der Waals surface area contributed by atoms with Gasteiger partial charge in [-0.25, -0.2) is 9.59 Å². The van der Waals surface area contributed by atoms with Crippen LogP contribution in [0.2, 0.25) is 0 Å². The van der Waals surface area contributed by atoms with Crippen molar-refractivity contribution >= 4 is 59.7 Å². The van der Waals surface area contributed by atoms with Crippen LogP contribution in [0.15, 0.2) is 71.9 Å². The minimum atomic E-state index is -1.33. The van der Waals surface area contributed by atoms with E-state index in [9.17, 15) is 58.2 Å². The molecule has 2 N–H and O–H groups in total. The van der Waals surface area contributed by atoms with Gasteiger partial charge in [0.15, 0.2) is 48.9 Å². The molecule has 40 heteroatoms. The van der Waals surface area contributed by atoms with Gasteiger partial charge in [0.25, 0.3) is 0 Å². The number of fused-ring (bicyclic) bond motifs is 3. The first-order valence-electron chi connectivity index (χ1n) is 50.6. The van der Waals surface area contributed by atoms with Crippen LogP contribution < -0.4 is 0 Å². The van der Waals surface area contributed by atoms with Crippen LogP contribution in [0, 0.1) is 47.3 Å². The van der Waals surface area contributed by atoms with Crippen molar-refractivity contribution in [3.05, 3.63) is 71.9 Å². The molecule has 0 saturated carbocycles. The molecule has 5 fully saturated rings. The Labute approximate surface area is 864 Å². The van der Waals surface area contributed by atoms with Gasteiger partial charge in [0.1, 0.15) is 85.5 Å². The molecule has 836 valence electrons. The molecule has 0 spiro atoms. The van der Waals surface area contributed by atoms with E-state index in [-0.39, 0.29) is 89.1 Å². The lowest BCUT2D eigenvalue weighted by atomic mass is 9.79. The molecular weight excluding hydrogens is 1910 g/mol. The number of esters is 6. The number of hydrogen-bond donors (Lipinski definition) is 2. The van der Waals surface area contributed by atoms with E-state index >= 15 is 0 Å². The predicted molar refractivity (Wildman–Crippen MR) is 532 cm³/mol. The van der Waals surface area contributed by atoms with Crippen LogP contribution in [0.1, 0.15) is 204 Å². The van der Waals surface area contributed by atoms with Crippen LogP contribution in [0.3, 0.4) is 0 Å². The Morgan fingerprint density at radius 1 is 0.479 bits per heavy atom. The molecule has 0 aromatic heterocycles. The number of allylic oxidation sites excluding steroid dienone is 6. The van der Waals surface area contributed by atoms with Gasteiger partial charge in [-0.15, -0.1) is 0 Å². The zero-order valence-electron chi connectivity index (χ0n) is 92.3. The lowest BCUT2D eigenvalue weighted by Gasteiger charge is -2.48. The molecule has 0 aromatic rings. The number of carbonyl (C=O) groups is 10. The summed E-state index contributed by atoms with van der Waals surface area (Å²) in [6.45, 7) is 45.7. The smallest absolute Gasteiger partial charge is 0.462 e. The molecule has 0 aliphatic carbocycles. The summed E-state index contributed by atoms with van der Waals surface area (Å²) in [5.41, 5.74) is 1.35. The second-order valence-corrected chi connectivity index (χ2v) is 41.3. The second kappa shape index (κ2) is 62.4. The van der Waals surface area contributed by atoms with Crippen molar-refractivity contribution in [2.75, 3.05) is 124 Å². The van der Waals surface area contributed by atoms with Gasteiger partial charge in [0.05, 0.1) is 100 Å². The summed E-state index contributed by atoms with van der Waals surface area (Å²) in [7, 11) is 16.5. The Bertz CT molecular complexity index is 4180. The summed E-state index contributed by atoms with van der Waals surface area (Å²) in [4.78, 5) is 132. The highest BCUT2D eigenvalue weighted by molar-refractivity contribution is 5.92. The lowest BCUT2D eigenvalue weighted by Crippen LogP contribution is -2.65. The number of ether oxygens (including phenoxy) is 26. The molecule has 0 aromatic carbocycles. The third-order valence-corrected chi connectivity index (χ3v) is 26.5. The Kier molecular flexibility index (Phi) is 55.0. The van der Waals surface area contributed by atoms with Gasteiger partial charge in [0, 0.05) is 119 Å². The van der Waals surface area contributed by atoms with Crippen molar-refractivity contribution < 1.29 is 181 Å². The average Bonchev–Trinajstić information content (AvgIpc) is 0.838. The van der Waals surface area contributed by atoms with E-state index < -0.39 is 260 Å². The van der Waals surface area contributed by atoms with Crippen LogP contribution in [0.4, 0.5) is 9.59 Å². The lowest BCUT2D eigenvalue weighted by molar-refractivity contribution is -0.308. The Morgan fingerprint density at radius 3 is 1.23 bits per heavy atom. The first kappa shape index (κ1) is 129. The summed E-state index contributed by atoms with van der Waals surface area (Å²) in [5, 5.41) is 22.1. The van der Waals surface area contributed by atoms with Crippen molar-refractivity contribution in [3.8, 4) is 0 Å². The van der Waals surface area contributed by atoms with E-state index in [0.29, 0.717) is 43.4 Å². The van der Waals surface area contributed by atoms with Gasteiger partial charge in [0.2, 0.25) is 0 Å². The minimum Gasteiger partial charge on any atom is -0.462 e. The normalized spacial score (nSPS) is 35.9. The zero-order valence-corrected chi connectivity index (χ0v) is 92.3. The van der Waals surface area contributed by atoms with E-state index in [0.717, 1.165) is 11.1 Å². The summed E-state index contributed by atoms with van der Waals surface area (Å²) in [6.07, 6.45) is -7.96. The number of carbonyl (C=O) groups excluding carboxylic acids is 10. The number of rotatable bonds is 30.